The largest absolute Gasteiger partial charge is 0.493 e. The molecule has 1 aliphatic rings. The number of fused-ring (bicyclic) bond motifs is 1. The molecule has 0 N–H and O–H groups in total. The lowest BCUT2D eigenvalue weighted by Gasteiger charge is -2.25. The maximum Gasteiger partial charge on any atom is 0.254 e. The van der Waals surface area contributed by atoms with Crippen LogP contribution in [0.1, 0.15) is 28.4 Å². The Hall–Kier alpha value is -3.67. The molecular formula is C26H27NO5. The molecule has 6 nitrogen and oxygen atoms in total. The molecule has 3 aromatic carbocycles. The second-order valence-corrected chi connectivity index (χ2v) is 7.40. The van der Waals surface area contributed by atoms with Crippen LogP contribution in [0.25, 0.3) is 0 Å². The van der Waals surface area contributed by atoms with E-state index in [1.54, 1.807) is 30.2 Å². The highest BCUT2D eigenvalue weighted by Crippen LogP contribution is 2.35. The third-order valence-electron chi connectivity index (χ3n) is 5.33. The Kier molecular flexibility index (Phi) is 6.80. The molecular weight excluding hydrogens is 406 g/mol. The molecule has 1 amide bonds. The molecule has 0 atom stereocenters. The number of hydrogen-bond acceptors (Lipinski definition) is 5. The van der Waals surface area contributed by atoms with Crippen LogP contribution in [0.4, 0.5) is 0 Å². The molecule has 0 spiro atoms. The van der Waals surface area contributed by atoms with E-state index in [9.17, 15) is 4.79 Å². The second-order valence-electron chi connectivity index (χ2n) is 7.40. The highest BCUT2D eigenvalue weighted by molar-refractivity contribution is 5.95. The van der Waals surface area contributed by atoms with Gasteiger partial charge in [-0.1, -0.05) is 42.5 Å². The van der Waals surface area contributed by atoms with E-state index in [-0.39, 0.29) is 5.91 Å². The predicted molar refractivity (Wildman–Crippen MR) is 122 cm³/mol. The molecule has 0 fully saturated rings. The molecule has 0 radical (unpaired) electrons. The first-order chi connectivity index (χ1) is 15.7. The first-order valence-corrected chi connectivity index (χ1v) is 10.7. The van der Waals surface area contributed by atoms with Crippen molar-refractivity contribution >= 4 is 5.91 Å². The number of nitrogens with zero attached hydrogens (tertiary/aromatic N) is 1. The second kappa shape index (κ2) is 10.1. The summed E-state index contributed by atoms with van der Waals surface area (Å²) < 4.78 is 22.9. The fourth-order valence-electron chi connectivity index (χ4n) is 3.63. The van der Waals surface area contributed by atoms with E-state index >= 15 is 0 Å². The molecule has 1 aliphatic heterocycles. The van der Waals surface area contributed by atoms with E-state index < -0.39 is 0 Å². The van der Waals surface area contributed by atoms with Crippen molar-refractivity contribution in [3.8, 4) is 23.0 Å². The summed E-state index contributed by atoms with van der Waals surface area (Å²) in [7, 11) is 1.57. The SMILES string of the molecule is CCN(Cc1cccc2c1OCCO2)C(=O)c1ccc(OCc2ccccc2)c(OC)c1. The lowest BCUT2D eigenvalue weighted by Crippen LogP contribution is -2.31. The van der Waals surface area contributed by atoms with Gasteiger partial charge in [0.2, 0.25) is 0 Å². The van der Waals surface area contributed by atoms with Gasteiger partial charge in [0, 0.05) is 24.2 Å². The Bertz CT molecular complexity index is 1070. The van der Waals surface area contributed by atoms with Crippen molar-refractivity contribution < 1.29 is 23.7 Å². The fraction of sp³-hybridized carbons (Fsp3) is 0.269. The van der Waals surface area contributed by atoms with Crippen molar-refractivity contribution in [3.05, 3.63) is 83.4 Å². The zero-order chi connectivity index (χ0) is 22.3. The number of amides is 1. The van der Waals surface area contributed by atoms with E-state index in [1.165, 1.54) is 0 Å². The van der Waals surface area contributed by atoms with Gasteiger partial charge in [-0.25, -0.2) is 0 Å². The summed E-state index contributed by atoms with van der Waals surface area (Å²) in [5.74, 6) is 2.47. The number of benzene rings is 3. The molecule has 0 saturated carbocycles. The minimum Gasteiger partial charge on any atom is -0.493 e. The minimum absolute atomic E-state index is 0.0882. The summed E-state index contributed by atoms with van der Waals surface area (Å²) in [6.07, 6.45) is 0. The summed E-state index contributed by atoms with van der Waals surface area (Å²) in [6.45, 7) is 4.40. The summed E-state index contributed by atoms with van der Waals surface area (Å²) in [5, 5.41) is 0. The Morgan fingerprint density at radius 3 is 2.56 bits per heavy atom. The molecule has 32 heavy (non-hydrogen) atoms. The highest BCUT2D eigenvalue weighted by atomic mass is 16.6. The molecule has 0 unspecified atom stereocenters. The quantitative estimate of drug-likeness (QED) is 0.515. The van der Waals surface area contributed by atoms with Gasteiger partial charge in [-0.05, 0) is 36.8 Å². The standard InChI is InChI=1S/C26H27NO5/c1-3-27(17-21-10-7-11-23-25(21)31-15-14-30-23)26(28)20-12-13-22(24(16-20)29-2)32-18-19-8-5-4-6-9-19/h4-13,16H,3,14-15,17-18H2,1-2H3. The van der Waals surface area contributed by atoms with Crippen molar-refractivity contribution in [2.24, 2.45) is 0 Å². The number of carbonyl (C=O) groups is 1. The van der Waals surface area contributed by atoms with Gasteiger partial charge in [0.15, 0.2) is 23.0 Å². The topological polar surface area (TPSA) is 57.2 Å². The van der Waals surface area contributed by atoms with E-state index in [0.29, 0.717) is 55.7 Å². The predicted octanol–water partition coefficient (Wildman–Crippen LogP) is 4.71. The maximum atomic E-state index is 13.3. The van der Waals surface area contributed by atoms with Crippen LogP contribution in [0, 0.1) is 0 Å². The fourth-order valence-corrected chi connectivity index (χ4v) is 3.63. The van der Waals surface area contributed by atoms with E-state index in [2.05, 4.69) is 0 Å². The number of ether oxygens (including phenoxy) is 4. The maximum absolute atomic E-state index is 13.3. The first-order valence-electron chi connectivity index (χ1n) is 10.7. The minimum atomic E-state index is -0.0882. The Morgan fingerprint density at radius 2 is 1.78 bits per heavy atom. The monoisotopic (exact) mass is 433 g/mol. The smallest absolute Gasteiger partial charge is 0.254 e. The number of carbonyl (C=O) groups excluding carboxylic acids is 1. The molecule has 3 aromatic rings. The van der Waals surface area contributed by atoms with Crippen molar-refractivity contribution in [3.63, 3.8) is 0 Å². The van der Waals surface area contributed by atoms with Crippen LogP contribution < -0.4 is 18.9 Å². The lowest BCUT2D eigenvalue weighted by atomic mass is 10.1. The Morgan fingerprint density at radius 1 is 0.969 bits per heavy atom. The average Bonchev–Trinajstić information content (AvgIpc) is 2.86. The van der Waals surface area contributed by atoms with Gasteiger partial charge in [-0.3, -0.25) is 4.79 Å². The van der Waals surface area contributed by atoms with Crippen LogP contribution in [0.15, 0.2) is 66.7 Å². The van der Waals surface area contributed by atoms with Crippen LogP contribution in [0.2, 0.25) is 0 Å². The molecule has 0 aliphatic carbocycles. The summed E-state index contributed by atoms with van der Waals surface area (Å²) in [6, 6.07) is 21.0. The third kappa shape index (κ3) is 4.80. The highest BCUT2D eigenvalue weighted by Gasteiger charge is 2.21. The average molecular weight is 434 g/mol. The number of hydrogen-bond donors (Lipinski definition) is 0. The van der Waals surface area contributed by atoms with Gasteiger partial charge in [0.05, 0.1) is 7.11 Å². The molecule has 4 rings (SSSR count). The summed E-state index contributed by atoms with van der Waals surface area (Å²) in [5.41, 5.74) is 2.52. The summed E-state index contributed by atoms with van der Waals surface area (Å²) >= 11 is 0. The molecule has 166 valence electrons. The number of rotatable bonds is 8. The molecule has 0 bridgehead atoms. The van der Waals surface area contributed by atoms with Gasteiger partial charge in [-0.15, -0.1) is 0 Å². The third-order valence-corrected chi connectivity index (χ3v) is 5.33. The first kappa shape index (κ1) is 21.6. The zero-order valence-corrected chi connectivity index (χ0v) is 18.4. The van der Waals surface area contributed by atoms with Crippen molar-refractivity contribution in [2.45, 2.75) is 20.1 Å². The van der Waals surface area contributed by atoms with E-state index in [1.807, 2.05) is 55.5 Å². The number of methoxy groups -OCH3 is 1. The van der Waals surface area contributed by atoms with Crippen LogP contribution in [0.5, 0.6) is 23.0 Å². The Labute approximate surface area is 188 Å². The van der Waals surface area contributed by atoms with Gasteiger partial charge in [0.25, 0.3) is 5.91 Å². The Balaban J connectivity index is 1.50. The molecule has 0 saturated heterocycles. The van der Waals surface area contributed by atoms with Gasteiger partial charge in [-0.2, -0.15) is 0 Å². The lowest BCUT2D eigenvalue weighted by molar-refractivity contribution is 0.0748. The van der Waals surface area contributed by atoms with E-state index in [4.69, 9.17) is 18.9 Å². The van der Waals surface area contributed by atoms with Gasteiger partial charge >= 0.3 is 0 Å². The zero-order valence-electron chi connectivity index (χ0n) is 18.4. The van der Waals surface area contributed by atoms with Crippen molar-refractivity contribution in [1.29, 1.82) is 0 Å². The van der Waals surface area contributed by atoms with Gasteiger partial charge in [0.1, 0.15) is 19.8 Å². The van der Waals surface area contributed by atoms with Gasteiger partial charge < -0.3 is 23.8 Å². The van der Waals surface area contributed by atoms with Crippen LogP contribution >= 0.6 is 0 Å². The normalized spacial score (nSPS) is 12.2. The summed E-state index contributed by atoms with van der Waals surface area (Å²) in [4.78, 5) is 15.0. The van der Waals surface area contributed by atoms with Crippen molar-refractivity contribution in [1.82, 2.24) is 4.90 Å². The van der Waals surface area contributed by atoms with Crippen LogP contribution in [-0.2, 0) is 13.2 Å². The van der Waals surface area contributed by atoms with Crippen LogP contribution in [-0.4, -0.2) is 37.7 Å². The molecule has 6 heteroatoms. The molecule has 0 aromatic heterocycles. The number of para-hydroxylation sites is 1. The van der Waals surface area contributed by atoms with Crippen LogP contribution in [0.3, 0.4) is 0 Å². The van der Waals surface area contributed by atoms with Crippen molar-refractivity contribution in [2.75, 3.05) is 26.9 Å². The van der Waals surface area contributed by atoms with E-state index in [0.717, 1.165) is 16.9 Å². The molecule has 1 heterocycles.